The summed E-state index contributed by atoms with van der Waals surface area (Å²) in [6.07, 6.45) is 11.2. The van der Waals surface area contributed by atoms with Crippen molar-refractivity contribution in [2.75, 3.05) is 0 Å². The van der Waals surface area contributed by atoms with Crippen molar-refractivity contribution >= 4 is 28.2 Å². The number of thiocarbonyl (C=S) groups is 1. The molecule has 0 atom stereocenters. The molecule has 0 saturated carbocycles. The number of thioether (sulfide) groups is 1. The zero-order valence-corrected chi connectivity index (χ0v) is 12.1. The van der Waals surface area contributed by atoms with Crippen molar-refractivity contribution in [3.63, 3.8) is 0 Å². The molecule has 0 heterocycles. The van der Waals surface area contributed by atoms with E-state index in [9.17, 15) is 0 Å². The van der Waals surface area contributed by atoms with E-state index >= 15 is 0 Å². The minimum atomic E-state index is -0.0370. The first-order valence-corrected chi connectivity index (χ1v) is 7.07. The van der Waals surface area contributed by atoms with Gasteiger partial charge in [-0.05, 0) is 19.4 Å². The van der Waals surface area contributed by atoms with Gasteiger partial charge in [0.25, 0.3) is 0 Å². The molecule has 1 aliphatic rings. The molecule has 0 N–H and O–H groups in total. The molecule has 0 nitrogen and oxygen atoms in total. The van der Waals surface area contributed by atoms with Gasteiger partial charge in [-0.25, -0.2) is 0 Å². The van der Waals surface area contributed by atoms with Crippen LogP contribution >= 0.6 is 24.0 Å². The maximum atomic E-state index is 5.52. The summed E-state index contributed by atoms with van der Waals surface area (Å²) in [5.74, 6) is 0. The molecule has 0 spiro atoms. The highest BCUT2D eigenvalue weighted by atomic mass is 32.2. The van der Waals surface area contributed by atoms with Gasteiger partial charge in [0, 0.05) is 12.2 Å². The van der Waals surface area contributed by atoms with Crippen molar-refractivity contribution < 1.29 is 0 Å². The Labute approximate surface area is 118 Å². The van der Waals surface area contributed by atoms with Crippen molar-refractivity contribution in [3.8, 4) is 0 Å². The third-order valence-electron chi connectivity index (χ3n) is 2.76. The summed E-state index contributed by atoms with van der Waals surface area (Å²) in [6.45, 7) is 4.38. The quantitative estimate of drug-likeness (QED) is 0.576. The van der Waals surface area contributed by atoms with Crippen LogP contribution in [0.2, 0.25) is 0 Å². The maximum absolute atomic E-state index is 5.52. The van der Waals surface area contributed by atoms with Crippen LogP contribution < -0.4 is 0 Å². The number of benzene rings is 1. The highest BCUT2D eigenvalue weighted by Crippen LogP contribution is 2.36. The third kappa shape index (κ3) is 3.17. The first-order valence-electron chi connectivity index (χ1n) is 5.84. The van der Waals surface area contributed by atoms with Crippen LogP contribution in [0.3, 0.4) is 0 Å². The molecule has 0 saturated heterocycles. The Morgan fingerprint density at radius 1 is 1.22 bits per heavy atom. The fourth-order valence-electron chi connectivity index (χ4n) is 1.69. The van der Waals surface area contributed by atoms with Gasteiger partial charge in [-0.1, -0.05) is 54.3 Å². The first-order chi connectivity index (χ1) is 8.59. The molecular weight excluding hydrogens is 256 g/mol. The Bertz CT molecular complexity index is 519. The van der Waals surface area contributed by atoms with Crippen molar-refractivity contribution in [1.29, 1.82) is 0 Å². The number of allylic oxidation sites excluding steroid dienone is 5. The van der Waals surface area contributed by atoms with Crippen LogP contribution in [0.5, 0.6) is 0 Å². The second-order valence-electron chi connectivity index (χ2n) is 4.56. The van der Waals surface area contributed by atoms with Gasteiger partial charge < -0.3 is 0 Å². The summed E-state index contributed by atoms with van der Waals surface area (Å²) in [4.78, 5) is 0. The average Bonchev–Trinajstić information content (AvgIpc) is 2.40. The molecule has 0 unspecified atom stereocenters. The van der Waals surface area contributed by atoms with E-state index < -0.39 is 0 Å². The normalized spacial score (nSPS) is 14.0. The summed E-state index contributed by atoms with van der Waals surface area (Å²) >= 11 is 7.24. The standard InChI is InChI=1S/C16H15S2/c1-16(2,14-11-7-4-8-12-14)18-15(17)13-9-5-3-6-10-13/h3-7,9-12H,1-2H3/q+1. The van der Waals surface area contributed by atoms with Gasteiger partial charge >= 0.3 is 0 Å². The van der Waals surface area contributed by atoms with E-state index in [1.165, 1.54) is 5.57 Å². The molecule has 0 radical (unpaired) electrons. The molecule has 0 fully saturated rings. The zero-order chi connectivity index (χ0) is 13.0. The highest BCUT2D eigenvalue weighted by Gasteiger charge is 2.30. The van der Waals surface area contributed by atoms with Crippen LogP contribution in [-0.4, -0.2) is 8.94 Å². The van der Waals surface area contributed by atoms with Crippen molar-refractivity contribution in [3.05, 3.63) is 71.8 Å². The van der Waals surface area contributed by atoms with E-state index in [2.05, 4.69) is 38.1 Å². The van der Waals surface area contributed by atoms with Gasteiger partial charge in [0.2, 0.25) is 0 Å². The molecule has 0 aromatic heterocycles. The van der Waals surface area contributed by atoms with Gasteiger partial charge in [-0.3, -0.25) is 0 Å². The Morgan fingerprint density at radius 3 is 2.56 bits per heavy atom. The fraction of sp³-hybridized carbons (Fsp3) is 0.188. The second-order valence-corrected chi connectivity index (χ2v) is 6.86. The Balaban J connectivity index is 2.14. The van der Waals surface area contributed by atoms with E-state index in [1.807, 2.05) is 36.4 Å². The van der Waals surface area contributed by atoms with Gasteiger partial charge in [-0.2, -0.15) is 0 Å². The van der Waals surface area contributed by atoms with Crippen molar-refractivity contribution in [1.82, 2.24) is 0 Å². The lowest BCUT2D eigenvalue weighted by Gasteiger charge is -2.21. The predicted octanol–water partition coefficient (Wildman–Crippen LogP) is 4.73. The molecule has 18 heavy (non-hydrogen) atoms. The van der Waals surface area contributed by atoms with Crippen LogP contribution in [0.15, 0.2) is 60.2 Å². The monoisotopic (exact) mass is 271 g/mol. The second kappa shape index (κ2) is 5.62. The van der Waals surface area contributed by atoms with E-state index in [4.69, 9.17) is 12.2 Å². The van der Waals surface area contributed by atoms with Crippen LogP contribution in [0.4, 0.5) is 0 Å². The highest BCUT2D eigenvalue weighted by molar-refractivity contribution is 8.24. The largest absolute Gasteiger partial charge is 0.107 e. The molecule has 90 valence electrons. The van der Waals surface area contributed by atoms with Crippen molar-refractivity contribution in [2.45, 2.75) is 18.6 Å². The summed E-state index contributed by atoms with van der Waals surface area (Å²) in [5, 5.41) is 0. The lowest BCUT2D eigenvalue weighted by molar-refractivity contribution is 0.861. The van der Waals surface area contributed by atoms with E-state index in [1.54, 1.807) is 11.8 Å². The van der Waals surface area contributed by atoms with E-state index in [0.29, 0.717) is 0 Å². The predicted molar refractivity (Wildman–Crippen MR) is 84.8 cm³/mol. The molecule has 1 aliphatic carbocycles. The van der Waals surface area contributed by atoms with Crippen LogP contribution in [0.25, 0.3) is 0 Å². The number of hydrogen-bond donors (Lipinski definition) is 0. The third-order valence-corrected chi connectivity index (χ3v) is 4.41. The SMILES string of the molecule is CC(C)(SC(=S)c1ccccc1)C1=CC=C[C+]=C1. The smallest absolute Gasteiger partial charge is 0.0887 e. The molecule has 1 aromatic rings. The van der Waals surface area contributed by atoms with E-state index in [0.717, 1.165) is 9.76 Å². The minimum absolute atomic E-state index is 0.0370. The summed E-state index contributed by atoms with van der Waals surface area (Å²) in [7, 11) is 0. The molecule has 0 amide bonds. The molecule has 1 aromatic carbocycles. The molecule has 2 heteroatoms. The number of rotatable bonds is 3. The van der Waals surface area contributed by atoms with Gasteiger partial charge in [-0.15, -0.1) is 0 Å². The first kappa shape index (κ1) is 13.2. The lowest BCUT2D eigenvalue weighted by atomic mass is 9.99. The summed E-state index contributed by atoms with van der Waals surface area (Å²) in [5.41, 5.74) is 2.36. The van der Waals surface area contributed by atoms with Crippen molar-refractivity contribution in [2.24, 2.45) is 0 Å². The van der Waals surface area contributed by atoms with Gasteiger partial charge in [0.05, 0.1) is 20.6 Å². The lowest BCUT2D eigenvalue weighted by Crippen LogP contribution is -2.20. The molecular formula is C16H15S2+. The topological polar surface area (TPSA) is 0 Å². The average molecular weight is 271 g/mol. The number of hydrogen-bond acceptors (Lipinski definition) is 2. The Hall–Kier alpha value is -1.21. The van der Waals surface area contributed by atoms with Gasteiger partial charge in [0.1, 0.15) is 12.2 Å². The van der Waals surface area contributed by atoms with Crippen LogP contribution in [-0.2, 0) is 0 Å². The van der Waals surface area contributed by atoms with Gasteiger partial charge in [0.15, 0.2) is 0 Å². The maximum Gasteiger partial charge on any atom is 0.107 e. The zero-order valence-electron chi connectivity index (χ0n) is 10.5. The Kier molecular flexibility index (Phi) is 4.13. The fourth-order valence-corrected chi connectivity index (χ4v) is 3.41. The van der Waals surface area contributed by atoms with E-state index in [-0.39, 0.29) is 4.75 Å². The summed E-state index contributed by atoms with van der Waals surface area (Å²) < 4.78 is 0.898. The van der Waals surface area contributed by atoms with Crippen LogP contribution in [0.1, 0.15) is 19.4 Å². The van der Waals surface area contributed by atoms with Crippen LogP contribution in [0, 0.1) is 6.08 Å². The molecule has 0 bridgehead atoms. The molecule has 0 aliphatic heterocycles. The Morgan fingerprint density at radius 2 is 1.94 bits per heavy atom. The summed E-state index contributed by atoms with van der Waals surface area (Å²) in [6, 6.07) is 10.2. The molecule has 2 rings (SSSR count). The minimum Gasteiger partial charge on any atom is -0.0887 e.